The molecule has 88 valence electrons. The SMILES string of the molecule is Cc1ccnc(NCc2cscn2)c1[N+](=O)[O-]. The molecule has 0 aliphatic rings. The zero-order valence-corrected chi connectivity index (χ0v) is 9.90. The first kappa shape index (κ1) is 11.5. The summed E-state index contributed by atoms with van der Waals surface area (Å²) >= 11 is 1.48. The Bertz CT molecular complexity index is 527. The fourth-order valence-corrected chi connectivity index (χ4v) is 1.97. The van der Waals surface area contributed by atoms with E-state index in [1.807, 2.05) is 5.38 Å². The van der Waals surface area contributed by atoms with Gasteiger partial charge in [-0.05, 0) is 13.0 Å². The standard InChI is InChI=1S/C10H10N4O2S/c1-7-2-3-11-10(9(7)14(15)16)12-4-8-5-17-6-13-8/h2-3,5-6H,4H2,1H3,(H,11,12). The first-order chi connectivity index (χ1) is 8.18. The second-order valence-corrected chi connectivity index (χ2v) is 4.13. The van der Waals surface area contributed by atoms with Crippen molar-refractivity contribution in [3.05, 3.63) is 44.5 Å². The Labute approximate surface area is 102 Å². The van der Waals surface area contributed by atoms with E-state index in [4.69, 9.17) is 0 Å². The number of hydrogen-bond acceptors (Lipinski definition) is 6. The van der Waals surface area contributed by atoms with Gasteiger partial charge in [-0.3, -0.25) is 10.1 Å². The summed E-state index contributed by atoms with van der Waals surface area (Å²) in [5, 5.41) is 15.7. The fourth-order valence-electron chi connectivity index (χ4n) is 1.41. The van der Waals surface area contributed by atoms with Crippen LogP contribution in [0.4, 0.5) is 11.5 Å². The van der Waals surface area contributed by atoms with Gasteiger partial charge in [0.25, 0.3) is 0 Å². The van der Waals surface area contributed by atoms with Gasteiger partial charge in [0.05, 0.1) is 22.7 Å². The predicted molar refractivity (Wildman–Crippen MR) is 65.1 cm³/mol. The van der Waals surface area contributed by atoms with Gasteiger partial charge >= 0.3 is 5.69 Å². The zero-order valence-electron chi connectivity index (χ0n) is 9.08. The Morgan fingerprint density at radius 3 is 3.00 bits per heavy atom. The van der Waals surface area contributed by atoms with E-state index in [1.54, 1.807) is 24.7 Å². The van der Waals surface area contributed by atoms with Gasteiger partial charge in [-0.25, -0.2) is 9.97 Å². The van der Waals surface area contributed by atoms with Crippen molar-refractivity contribution in [2.75, 3.05) is 5.32 Å². The Morgan fingerprint density at radius 2 is 2.35 bits per heavy atom. The summed E-state index contributed by atoms with van der Waals surface area (Å²) in [6.45, 7) is 2.12. The molecule has 0 aromatic carbocycles. The highest BCUT2D eigenvalue weighted by Crippen LogP contribution is 2.25. The van der Waals surface area contributed by atoms with Crippen LogP contribution in [0.1, 0.15) is 11.3 Å². The first-order valence-electron chi connectivity index (χ1n) is 4.89. The fraction of sp³-hybridized carbons (Fsp3) is 0.200. The topological polar surface area (TPSA) is 81.0 Å². The lowest BCUT2D eigenvalue weighted by atomic mass is 10.2. The van der Waals surface area contributed by atoms with Crippen LogP contribution in [0.5, 0.6) is 0 Å². The molecule has 0 spiro atoms. The van der Waals surface area contributed by atoms with Crippen molar-refractivity contribution >= 4 is 22.8 Å². The lowest BCUT2D eigenvalue weighted by Crippen LogP contribution is -2.05. The van der Waals surface area contributed by atoms with Crippen LogP contribution < -0.4 is 5.32 Å². The van der Waals surface area contributed by atoms with Gasteiger partial charge in [-0.15, -0.1) is 11.3 Å². The highest BCUT2D eigenvalue weighted by atomic mass is 32.1. The average Bonchev–Trinajstić information content (AvgIpc) is 2.78. The van der Waals surface area contributed by atoms with Crippen LogP contribution in [0.15, 0.2) is 23.2 Å². The molecule has 2 aromatic heterocycles. The Kier molecular flexibility index (Phi) is 3.29. The van der Waals surface area contributed by atoms with Crippen molar-refractivity contribution in [1.29, 1.82) is 0 Å². The van der Waals surface area contributed by atoms with Crippen LogP contribution in [0.25, 0.3) is 0 Å². The molecule has 2 rings (SSSR count). The molecule has 2 aromatic rings. The Balaban J connectivity index is 2.21. The summed E-state index contributed by atoms with van der Waals surface area (Å²) in [4.78, 5) is 18.6. The minimum Gasteiger partial charge on any atom is -0.359 e. The number of hydrogen-bond donors (Lipinski definition) is 1. The number of nitro groups is 1. The molecule has 0 bridgehead atoms. The molecular formula is C10H10N4O2S. The predicted octanol–water partition coefficient (Wildman–Crippen LogP) is 2.37. The molecule has 1 N–H and O–H groups in total. The first-order valence-corrected chi connectivity index (χ1v) is 5.83. The third kappa shape index (κ3) is 2.56. The van der Waals surface area contributed by atoms with Crippen LogP contribution in [-0.2, 0) is 6.54 Å². The second-order valence-electron chi connectivity index (χ2n) is 3.42. The highest BCUT2D eigenvalue weighted by molar-refractivity contribution is 7.07. The van der Waals surface area contributed by atoms with E-state index in [9.17, 15) is 10.1 Å². The molecule has 0 unspecified atom stereocenters. The maximum Gasteiger partial charge on any atom is 0.314 e. The Morgan fingerprint density at radius 1 is 1.53 bits per heavy atom. The Hall–Kier alpha value is -2.02. The van der Waals surface area contributed by atoms with Crippen molar-refractivity contribution in [3.8, 4) is 0 Å². The van der Waals surface area contributed by atoms with Crippen molar-refractivity contribution in [3.63, 3.8) is 0 Å². The molecule has 2 heterocycles. The van der Waals surface area contributed by atoms with E-state index in [2.05, 4.69) is 15.3 Å². The monoisotopic (exact) mass is 250 g/mol. The van der Waals surface area contributed by atoms with Gasteiger partial charge in [0.15, 0.2) is 0 Å². The summed E-state index contributed by atoms with van der Waals surface area (Å²) in [7, 11) is 0. The molecule has 0 fully saturated rings. The molecule has 0 saturated carbocycles. The van der Waals surface area contributed by atoms with E-state index >= 15 is 0 Å². The number of nitrogens with zero attached hydrogens (tertiary/aromatic N) is 3. The third-order valence-electron chi connectivity index (χ3n) is 2.23. The molecule has 0 aliphatic carbocycles. The van der Waals surface area contributed by atoms with Crippen molar-refractivity contribution in [1.82, 2.24) is 9.97 Å². The van der Waals surface area contributed by atoms with Gasteiger partial charge < -0.3 is 5.32 Å². The van der Waals surface area contributed by atoms with Crippen molar-refractivity contribution < 1.29 is 4.92 Å². The summed E-state index contributed by atoms with van der Waals surface area (Å²) in [5.74, 6) is 0.281. The average molecular weight is 250 g/mol. The molecule has 0 amide bonds. The van der Waals surface area contributed by atoms with Gasteiger partial charge in [-0.2, -0.15) is 0 Å². The number of pyridine rings is 1. The van der Waals surface area contributed by atoms with E-state index in [1.165, 1.54) is 11.3 Å². The van der Waals surface area contributed by atoms with E-state index in [0.29, 0.717) is 12.1 Å². The molecule has 6 nitrogen and oxygen atoms in total. The normalized spacial score (nSPS) is 10.2. The lowest BCUT2D eigenvalue weighted by molar-refractivity contribution is -0.384. The molecule has 0 atom stereocenters. The van der Waals surface area contributed by atoms with Crippen LogP contribution in [0, 0.1) is 17.0 Å². The summed E-state index contributed by atoms with van der Waals surface area (Å²) in [6, 6.07) is 1.62. The maximum absolute atomic E-state index is 10.9. The van der Waals surface area contributed by atoms with E-state index in [-0.39, 0.29) is 11.5 Å². The van der Waals surface area contributed by atoms with Gasteiger partial charge in [0.1, 0.15) is 0 Å². The van der Waals surface area contributed by atoms with Gasteiger partial charge in [0.2, 0.25) is 5.82 Å². The van der Waals surface area contributed by atoms with E-state index < -0.39 is 4.92 Å². The van der Waals surface area contributed by atoms with Crippen molar-refractivity contribution in [2.24, 2.45) is 0 Å². The lowest BCUT2D eigenvalue weighted by Gasteiger charge is -2.05. The number of rotatable bonds is 4. The summed E-state index contributed by atoms with van der Waals surface area (Å²) < 4.78 is 0. The molecule has 0 radical (unpaired) electrons. The summed E-state index contributed by atoms with van der Waals surface area (Å²) in [5.41, 5.74) is 3.16. The second kappa shape index (κ2) is 4.88. The van der Waals surface area contributed by atoms with Crippen LogP contribution in [-0.4, -0.2) is 14.9 Å². The molecule has 7 heteroatoms. The largest absolute Gasteiger partial charge is 0.359 e. The van der Waals surface area contributed by atoms with Gasteiger partial charge in [-0.1, -0.05) is 0 Å². The number of nitrogens with one attached hydrogen (secondary N) is 1. The van der Waals surface area contributed by atoms with Crippen LogP contribution >= 0.6 is 11.3 Å². The number of aromatic nitrogens is 2. The molecule has 17 heavy (non-hydrogen) atoms. The van der Waals surface area contributed by atoms with Crippen LogP contribution in [0.3, 0.4) is 0 Å². The number of aryl methyl sites for hydroxylation is 1. The number of thiazole rings is 1. The summed E-state index contributed by atoms with van der Waals surface area (Å²) in [6.07, 6.45) is 1.55. The van der Waals surface area contributed by atoms with E-state index in [0.717, 1.165) is 5.69 Å². The molecule has 0 saturated heterocycles. The smallest absolute Gasteiger partial charge is 0.314 e. The molecular weight excluding hydrogens is 240 g/mol. The highest BCUT2D eigenvalue weighted by Gasteiger charge is 2.17. The quantitative estimate of drug-likeness (QED) is 0.665. The van der Waals surface area contributed by atoms with Gasteiger partial charge in [0, 0.05) is 17.1 Å². The van der Waals surface area contributed by atoms with Crippen LogP contribution in [0.2, 0.25) is 0 Å². The van der Waals surface area contributed by atoms with Crippen molar-refractivity contribution in [2.45, 2.75) is 13.5 Å². The minimum absolute atomic E-state index is 0.0164. The molecule has 0 aliphatic heterocycles. The minimum atomic E-state index is -0.425. The maximum atomic E-state index is 10.9. The number of anilines is 1. The zero-order chi connectivity index (χ0) is 12.3. The third-order valence-corrected chi connectivity index (χ3v) is 2.86.